The first-order chi connectivity index (χ1) is 11.5. The molecule has 0 aromatic heterocycles. The van der Waals surface area contributed by atoms with Crippen molar-refractivity contribution in [3.8, 4) is 0 Å². The van der Waals surface area contributed by atoms with Gasteiger partial charge in [0.2, 0.25) is 0 Å². The second kappa shape index (κ2) is 7.01. The summed E-state index contributed by atoms with van der Waals surface area (Å²) in [6, 6.07) is 7.94. The fraction of sp³-hybridized carbons (Fsp3) is 0.632. The molecule has 3 N–H and O–H groups in total. The third-order valence-electron chi connectivity index (χ3n) is 5.34. The van der Waals surface area contributed by atoms with E-state index in [1.807, 2.05) is 31.2 Å². The maximum absolute atomic E-state index is 12.3. The lowest BCUT2D eigenvalue weighted by molar-refractivity contribution is -0.180. The van der Waals surface area contributed by atoms with Crippen molar-refractivity contribution < 1.29 is 9.53 Å². The zero-order chi connectivity index (χ0) is 17.2. The van der Waals surface area contributed by atoms with E-state index in [-0.39, 0.29) is 23.5 Å². The first-order valence-electron chi connectivity index (χ1n) is 9.08. The van der Waals surface area contributed by atoms with Crippen LogP contribution < -0.4 is 16.0 Å². The topological polar surface area (TPSA) is 67.6 Å². The smallest absolute Gasteiger partial charge is 0.310 e. The highest BCUT2D eigenvalue weighted by molar-refractivity contribution is 5.72. The van der Waals surface area contributed by atoms with Gasteiger partial charge in [-0.3, -0.25) is 10.1 Å². The lowest BCUT2D eigenvalue weighted by Gasteiger charge is -2.60. The van der Waals surface area contributed by atoms with Crippen molar-refractivity contribution in [3.63, 3.8) is 0 Å². The van der Waals surface area contributed by atoms with Crippen molar-refractivity contribution in [3.05, 3.63) is 24.3 Å². The first-order valence-corrected chi connectivity index (χ1v) is 9.08. The molecule has 0 radical (unpaired) electrons. The zero-order valence-corrected chi connectivity index (χ0v) is 14.8. The fourth-order valence-electron chi connectivity index (χ4n) is 3.55. The van der Waals surface area contributed by atoms with Crippen LogP contribution in [0.2, 0.25) is 0 Å². The van der Waals surface area contributed by atoms with Crippen LogP contribution in [0.15, 0.2) is 24.3 Å². The number of ether oxygens (including phenoxy) is 1. The van der Waals surface area contributed by atoms with E-state index in [4.69, 9.17) is 10.5 Å². The summed E-state index contributed by atoms with van der Waals surface area (Å²) in [6.07, 6.45) is 4.24. The number of hydrogen-bond donors (Lipinski definition) is 2. The zero-order valence-electron chi connectivity index (χ0n) is 14.8. The Morgan fingerprint density at radius 3 is 2.67 bits per heavy atom. The SMILES string of the molecule is CCCCCC(C)C(=O)OC1NCC12CN(c1ccc(N)cc1)C2. The molecule has 0 bridgehead atoms. The van der Waals surface area contributed by atoms with E-state index >= 15 is 0 Å². The van der Waals surface area contributed by atoms with E-state index in [2.05, 4.69) is 17.1 Å². The molecule has 0 saturated carbocycles. The molecule has 5 nitrogen and oxygen atoms in total. The maximum Gasteiger partial charge on any atom is 0.310 e. The average Bonchev–Trinajstić information content (AvgIpc) is 2.52. The Bertz CT molecular complexity index is 566. The van der Waals surface area contributed by atoms with Crippen LogP contribution in [0.3, 0.4) is 0 Å². The molecule has 2 atom stereocenters. The predicted octanol–water partition coefficient (Wildman–Crippen LogP) is 2.76. The Kier molecular flexibility index (Phi) is 4.99. The molecule has 1 aromatic rings. The van der Waals surface area contributed by atoms with Gasteiger partial charge in [0, 0.05) is 31.0 Å². The molecule has 2 fully saturated rings. The van der Waals surface area contributed by atoms with Crippen LogP contribution in [-0.2, 0) is 9.53 Å². The van der Waals surface area contributed by atoms with Crippen LogP contribution in [0.4, 0.5) is 11.4 Å². The van der Waals surface area contributed by atoms with Crippen molar-refractivity contribution in [2.45, 2.75) is 45.8 Å². The first kappa shape index (κ1) is 17.1. The molecule has 2 aliphatic heterocycles. The van der Waals surface area contributed by atoms with Gasteiger partial charge in [0.25, 0.3) is 0 Å². The van der Waals surface area contributed by atoms with Crippen LogP contribution in [0.5, 0.6) is 0 Å². The Hall–Kier alpha value is -1.75. The van der Waals surface area contributed by atoms with E-state index in [1.54, 1.807) is 0 Å². The van der Waals surface area contributed by atoms with Crippen molar-refractivity contribution in [2.24, 2.45) is 11.3 Å². The van der Waals surface area contributed by atoms with Crippen molar-refractivity contribution in [1.29, 1.82) is 0 Å². The van der Waals surface area contributed by atoms with E-state index in [1.165, 1.54) is 18.5 Å². The number of esters is 1. The van der Waals surface area contributed by atoms with Gasteiger partial charge in [-0.1, -0.05) is 33.1 Å². The van der Waals surface area contributed by atoms with Crippen molar-refractivity contribution in [2.75, 3.05) is 30.3 Å². The quantitative estimate of drug-likeness (QED) is 0.457. The van der Waals surface area contributed by atoms with Crippen LogP contribution in [0.25, 0.3) is 0 Å². The van der Waals surface area contributed by atoms with E-state index in [9.17, 15) is 4.79 Å². The highest BCUT2D eigenvalue weighted by Gasteiger charge is 2.57. The van der Waals surface area contributed by atoms with Gasteiger partial charge < -0.3 is 15.4 Å². The summed E-state index contributed by atoms with van der Waals surface area (Å²) < 4.78 is 5.74. The molecule has 3 rings (SSSR count). The summed E-state index contributed by atoms with van der Waals surface area (Å²) in [5, 5.41) is 3.28. The third kappa shape index (κ3) is 3.36. The van der Waals surface area contributed by atoms with Gasteiger partial charge in [-0.2, -0.15) is 0 Å². The van der Waals surface area contributed by atoms with E-state index < -0.39 is 0 Å². The Balaban J connectivity index is 1.47. The van der Waals surface area contributed by atoms with Gasteiger partial charge in [-0.15, -0.1) is 0 Å². The second-order valence-electron chi connectivity index (χ2n) is 7.40. The maximum atomic E-state index is 12.3. The lowest BCUT2D eigenvalue weighted by atomic mass is 9.72. The number of carbonyl (C=O) groups excluding carboxylic acids is 1. The monoisotopic (exact) mass is 331 g/mol. The van der Waals surface area contributed by atoms with Crippen molar-refractivity contribution >= 4 is 17.3 Å². The second-order valence-corrected chi connectivity index (χ2v) is 7.40. The molecule has 2 unspecified atom stereocenters. The number of nitrogens with two attached hydrogens (primary N) is 1. The summed E-state index contributed by atoms with van der Waals surface area (Å²) >= 11 is 0. The van der Waals surface area contributed by atoms with Gasteiger partial charge in [-0.05, 0) is 30.7 Å². The fourth-order valence-corrected chi connectivity index (χ4v) is 3.55. The largest absolute Gasteiger partial charge is 0.446 e. The number of anilines is 2. The Labute approximate surface area is 144 Å². The summed E-state index contributed by atoms with van der Waals surface area (Å²) in [5.74, 6) is -0.0714. The number of benzene rings is 1. The molecule has 0 amide bonds. The van der Waals surface area contributed by atoms with Crippen LogP contribution in [-0.4, -0.2) is 31.8 Å². The molecule has 2 saturated heterocycles. The summed E-state index contributed by atoms with van der Waals surface area (Å²) in [5.41, 5.74) is 7.78. The lowest BCUT2D eigenvalue weighted by Crippen LogP contribution is -2.77. The number of nitrogens with one attached hydrogen (secondary N) is 1. The number of hydrogen-bond acceptors (Lipinski definition) is 5. The molecular formula is C19H29N3O2. The van der Waals surface area contributed by atoms with Crippen LogP contribution in [0.1, 0.15) is 39.5 Å². The van der Waals surface area contributed by atoms with Crippen LogP contribution in [0, 0.1) is 11.3 Å². The van der Waals surface area contributed by atoms with Crippen LogP contribution >= 0.6 is 0 Å². The molecule has 132 valence electrons. The minimum absolute atomic E-state index is 0.00993. The number of nitrogen functional groups attached to an aromatic ring is 1. The van der Waals surface area contributed by atoms with Gasteiger partial charge in [0.15, 0.2) is 6.23 Å². The van der Waals surface area contributed by atoms with Crippen molar-refractivity contribution in [1.82, 2.24) is 5.32 Å². The highest BCUT2D eigenvalue weighted by atomic mass is 16.6. The van der Waals surface area contributed by atoms with Gasteiger partial charge in [0.1, 0.15) is 0 Å². The number of unbranched alkanes of at least 4 members (excludes halogenated alkanes) is 2. The molecule has 1 aromatic carbocycles. The Morgan fingerprint density at radius 1 is 1.38 bits per heavy atom. The Morgan fingerprint density at radius 2 is 2.08 bits per heavy atom. The van der Waals surface area contributed by atoms with Gasteiger partial charge in [-0.25, -0.2) is 0 Å². The normalized spacial score (nSPS) is 22.6. The molecule has 2 aliphatic rings. The average molecular weight is 331 g/mol. The summed E-state index contributed by atoms with van der Waals surface area (Å²) in [6.45, 7) is 6.91. The number of nitrogens with zero attached hydrogens (tertiary/aromatic N) is 1. The van der Waals surface area contributed by atoms with Gasteiger partial charge >= 0.3 is 5.97 Å². The minimum atomic E-state index is -0.136. The summed E-state index contributed by atoms with van der Waals surface area (Å²) in [7, 11) is 0. The molecule has 2 heterocycles. The standard InChI is InChI=1S/C19H29N3O2/c1-3-4-5-6-14(2)17(23)24-18-19(11-21-18)12-22(13-19)16-9-7-15(20)8-10-16/h7-10,14,18,21H,3-6,11-13,20H2,1-2H3. The predicted molar refractivity (Wildman–Crippen MR) is 96.7 cm³/mol. The van der Waals surface area contributed by atoms with Gasteiger partial charge in [0.05, 0.1) is 11.3 Å². The highest BCUT2D eigenvalue weighted by Crippen LogP contribution is 2.42. The molecular weight excluding hydrogens is 302 g/mol. The van der Waals surface area contributed by atoms with E-state index in [0.29, 0.717) is 0 Å². The number of carbonyl (C=O) groups is 1. The molecule has 5 heteroatoms. The number of rotatable bonds is 7. The van der Waals surface area contributed by atoms with E-state index in [0.717, 1.165) is 38.2 Å². The minimum Gasteiger partial charge on any atom is -0.446 e. The summed E-state index contributed by atoms with van der Waals surface area (Å²) in [4.78, 5) is 14.6. The third-order valence-corrected chi connectivity index (χ3v) is 5.34. The molecule has 1 spiro atoms. The molecule has 24 heavy (non-hydrogen) atoms. The molecule has 0 aliphatic carbocycles.